The normalized spacial score (nSPS) is 24.1. The smallest absolute Gasteiger partial charge is 0.426 e. The Balaban J connectivity index is 1.41. The number of aromatic nitrogens is 4. The minimum absolute atomic E-state index is 0.135. The lowest BCUT2D eigenvalue weighted by Gasteiger charge is -2.29. The predicted molar refractivity (Wildman–Crippen MR) is 193 cm³/mol. The number of aliphatic hydroxyl groups excluding tert-OH is 2. The zero-order chi connectivity index (χ0) is 41.8. The maximum atomic E-state index is 14.4. The number of phosphoric ester groups is 1. The van der Waals surface area contributed by atoms with Crippen molar-refractivity contribution in [3.8, 4) is 5.75 Å². The molecule has 2 saturated heterocycles. The van der Waals surface area contributed by atoms with Gasteiger partial charge in [-0.05, 0) is 63.4 Å². The summed E-state index contributed by atoms with van der Waals surface area (Å²) in [6.07, 6.45) is -8.42. The van der Waals surface area contributed by atoms with Crippen LogP contribution in [0.2, 0.25) is 0 Å². The molecule has 306 valence electrons. The van der Waals surface area contributed by atoms with E-state index in [4.69, 9.17) is 27.8 Å². The maximum absolute atomic E-state index is 14.4. The molecule has 24 nitrogen and oxygen atoms in total. The minimum Gasteiger partial charge on any atom is -0.426 e. The number of carbonyl (C=O) groups is 1. The van der Waals surface area contributed by atoms with Crippen LogP contribution in [0.25, 0.3) is 20.9 Å². The number of azide groups is 2. The molecule has 0 aliphatic carbocycles. The van der Waals surface area contributed by atoms with Gasteiger partial charge in [-0.2, -0.15) is 0 Å². The molecule has 4 N–H and O–H groups in total. The van der Waals surface area contributed by atoms with Gasteiger partial charge in [0, 0.05) is 46.2 Å². The van der Waals surface area contributed by atoms with Gasteiger partial charge in [-0.3, -0.25) is 47.1 Å². The number of aromatic amines is 2. The number of aryl methyl sites for hydroxylation is 2. The second kappa shape index (κ2) is 17.4. The van der Waals surface area contributed by atoms with Crippen molar-refractivity contribution in [2.24, 2.45) is 15.6 Å². The average Bonchev–Trinajstić information content (AvgIpc) is 3.76. The Morgan fingerprint density at radius 3 is 1.72 bits per heavy atom. The van der Waals surface area contributed by atoms with Crippen LogP contribution in [0.1, 0.15) is 62.8 Å². The van der Waals surface area contributed by atoms with E-state index in [1.165, 1.54) is 50.5 Å². The van der Waals surface area contributed by atoms with Gasteiger partial charge >= 0.3 is 25.2 Å². The van der Waals surface area contributed by atoms with Crippen LogP contribution in [0, 0.1) is 19.3 Å². The first kappa shape index (κ1) is 42.8. The van der Waals surface area contributed by atoms with Gasteiger partial charge in [0.1, 0.15) is 30.4 Å². The summed E-state index contributed by atoms with van der Waals surface area (Å²) >= 11 is 0. The number of H-pyrrole nitrogens is 2. The highest BCUT2D eigenvalue weighted by Gasteiger charge is 2.48. The van der Waals surface area contributed by atoms with Crippen LogP contribution in [0.5, 0.6) is 5.75 Å². The first-order valence-corrected chi connectivity index (χ1v) is 18.6. The molecule has 57 heavy (non-hydrogen) atoms. The van der Waals surface area contributed by atoms with Crippen molar-refractivity contribution in [2.75, 3.05) is 0 Å². The van der Waals surface area contributed by atoms with E-state index in [9.17, 15) is 49.8 Å². The van der Waals surface area contributed by atoms with E-state index >= 15 is 0 Å². The molecule has 0 bridgehead atoms. The Hall–Kier alpha value is -5.38. The molecule has 2 fully saturated rings. The summed E-state index contributed by atoms with van der Waals surface area (Å²) in [6.45, 7) is 7.28. The highest BCUT2D eigenvalue weighted by molar-refractivity contribution is 7.48. The first-order valence-electron chi connectivity index (χ1n) is 17.1. The number of nitrogens with zero attached hydrogens (tertiary/aromatic N) is 8. The van der Waals surface area contributed by atoms with E-state index in [0.29, 0.717) is 5.56 Å². The number of esters is 1. The largest absolute Gasteiger partial charge is 0.479 e. The molecule has 25 heteroatoms. The molecule has 0 spiro atoms. The molecular formula is C32H39N10O14P. The number of aliphatic hydroxyl groups is 2. The molecule has 8 atom stereocenters. The number of phosphoric acid groups is 1. The van der Waals surface area contributed by atoms with Crippen LogP contribution in [0.4, 0.5) is 0 Å². The molecule has 2 aliphatic rings. The zero-order valence-electron chi connectivity index (χ0n) is 31.0. The summed E-state index contributed by atoms with van der Waals surface area (Å²) in [5, 5.41) is 29.8. The summed E-state index contributed by atoms with van der Waals surface area (Å²) in [7, 11) is -5.23. The van der Waals surface area contributed by atoms with E-state index < -0.39 is 97.6 Å². The van der Waals surface area contributed by atoms with Crippen molar-refractivity contribution in [1.82, 2.24) is 19.1 Å². The molecule has 5 rings (SSSR count). The van der Waals surface area contributed by atoms with Crippen molar-refractivity contribution in [2.45, 2.75) is 103 Å². The van der Waals surface area contributed by atoms with E-state index in [2.05, 4.69) is 30.0 Å². The highest BCUT2D eigenvalue weighted by Crippen LogP contribution is 2.54. The van der Waals surface area contributed by atoms with Crippen LogP contribution in [-0.4, -0.2) is 72.2 Å². The van der Waals surface area contributed by atoms with Crippen molar-refractivity contribution >= 4 is 13.8 Å². The van der Waals surface area contributed by atoms with Gasteiger partial charge < -0.3 is 24.4 Å². The Bertz CT molecular complexity index is 2240. The van der Waals surface area contributed by atoms with Gasteiger partial charge in [0.05, 0.1) is 24.1 Å². The van der Waals surface area contributed by atoms with Crippen LogP contribution in [-0.2, 0) is 39.0 Å². The molecule has 0 amide bonds. The summed E-state index contributed by atoms with van der Waals surface area (Å²) in [4.78, 5) is 71.1. The van der Waals surface area contributed by atoms with Crippen LogP contribution >= 0.6 is 7.82 Å². The second-order valence-corrected chi connectivity index (χ2v) is 15.7. The van der Waals surface area contributed by atoms with Crippen molar-refractivity contribution in [3.63, 3.8) is 0 Å². The lowest BCUT2D eigenvalue weighted by molar-refractivity contribution is -0.177. The number of benzene rings is 1. The van der Waals surface area contributed by atoms with E-state index in [1.807, 2.05) is 0 Å². The van der Waals surface area contributed by atoms with Crippen LogP contribution in [0.3, 0.4) is 0 Å². The minimum atomic E-state index is -5.23. The monoisotopic (exact) mass is 818 g/mol. The van der Waals surface area contributed by atoms with Crippen LogP contribution in [0.15, 0.2) is 66.1 Å². The second-order valence-electron chi connectivity index (χ2n) is 14.1. The topological polar surface area (TPSA) is 337 Å². The maximum Gasteiger partial charge on any atom is 0.479 e. The SMILES string of the molecule is Cc1cn([C@H]2CC(N=[N+]=[N-])[C@@H](C(O)OP(=O)(OCc3ccc(OC(=O)C(C)(C)C)cc3)OC(O)[C@H]3O[C@@H](n4cc(C)c(=O)[nH]c4=O)CC3N=[N+]=[N-])O2)c(=O)[nH]c1=O. The predicted octanol–water partition coefficient (Wildman–Crippen LogP) is 2.58. The van der Waals surface area contributed by atoms with Gasteiger partial charge in [0.25, 0.3) is 11.1 Å². The van der Waals surface area contributed by atoms with Crippen LogP contribution < -0.4 is 27.2 Å². The molecule has 0 saturated carbocycles. The molecular weight excluding hydrogens is 779 g/mol. The Kier molecular flexibility index (Phi) is 13.1. The van der Waals surface area contributed by atoms with E-state index in [-0.39, 0.29) is 29.7 Å². The molecule has 4 unspecified atom stereocenters. The first-order chi connectivity index (χ1) is 26.8. The number of hydrogen-bond donors (Lipinski definition) is 4. The van der Waals surface area contributed by atoms with E-state index in [0.717, 1.165) is 9.13 Å². The highest BCUT2D eigenvalue weighted by atomic mass is 31.2. The number of nitrogens with one attached hydrogen (secondary N) is 2. The fraction of sp³-hybridized carbons (Fsp3) is 0.531. The number of rotatable bonds is 14. The van der Waals surface area contributed by atoms with Crippen molar-refractivity contribution in [1.29, 1.82) is 0 Å². The van der Waals surface area contributed by atoms with Gasteiger partial charge in [-0.25, -0.2) is 14.2 Å². The standard InChI is InChI=1S/C32H39N10O14P/c1-15-12-41(30(48)35-25(15)43)21-10-19(37-39-33)23(53-21)27(45)55-57(50,51-14-17-6-8-18(9-7-17)52-29(47)32(3,4)5)56-28(46)24-20(38-40-34)11-22(54-24)42-13-16(2)26(44)36-31(42)49/h6-9,12-13,19-24,27-28,45-46H,10-11,14H2,1-5H3,(H,35,43,48)(H,36,44,49)/t19?,20?,21-,22-,23+,24+,27?,28?,57?/m1/s1. The summed E-state index contributed by atoms with van der Waals surface area (Å²) in [5.74, 6) is -0.324. The summed E-state index contributed by atoms with van der Waals surface area (Å²) in [5.41, 5.74) is 15.2. The number of carbonyl (C=O) groups excluding carboxylic acids is 1. The van der Waals surface area contributed by atoms with Crippen molar-refractivity contribution in [3.05, 3.63) is 116 Å². The molecule has 2 aromatic heterocycles. The quantitative estimate of drug-likeness (QED) is 0.0346. The zero-order valence-corrected chi connectivity index (χ0v) is 31.9. The average molecular weight is 819 g/mol. The summed E-state index contributed by atoms with van der Waals surface area (Å²) < 4.78 is 49.7. The molecule has 3 aromatic rings. The fourth-order valence-electron chi connectivity index (χ4n) is 5.71. The van der Waals surface area contributed by atoms with Gasteiger partial charge in [0.2, 0.25) is 0 Å². The van der Waals surface area contributed by atoms with Gasteiger partial charge in [-0.15, -0.1) is 0 Å². The molecule has 2 aliphatic heterocycles. The number of ether oxygens (including phenoxy) is 3. The van der Waals surface area contributed by atoms with E-state index in [1.54, 1.807) is 20.8 Å². The Morgan fingerprint density at radius 1 is 0.877 bits per heavy atom. The van der Waals surface area contributed by atoms with Crippen molar-refractivity contribution < 1.29 is 47.4 Å². The summed E-state index contributed by atoms with van der Waals surface area (Å²) in [6, 6.07) is 3.22. The molecule has 1 aromatic carbocycles. The van der Waals surface area contributed by atoms with Gasteiger partial charge in [-0.1, -0.05) is 22.4 Å². The van der Waals surface area contributed by atoms with Gasteiger partial charge in [0.15, 0.2) is 12.6 Å². The Labute approximate surface area is 320 Å². The third-order valence-electron chi connectivity index (χ3n) is 8.76. The lowest BCUT2D eigenvalue weighted by Crippen LogP contribution is -2.38. The Morgan fingerprint density at radius 2 is 1.32 bits per heavy atom. The molecule has 0 radical (unpaired) electrons. The third kappa shape index (κ3) is 10.1. The lowest BCUT2D eigenvalue weighted by atomic mass is 9.97. The number of hydrogen-bond acceptors (Lipinski definition) is 16. The third-order valence-corrected chi connectivity index (χ3v) is 10.2. The fourth-order valence-corrected chi connectivity index (χ4v) is 6.95. The molecule has 4 heterocycles.